The van der Waals surface area contributed by atoms with E-state index in [4.69, 9.17) is 4.74 Å². The fraction of sp³-hybridized carbons (Fsp3) is 0.250. The lowest BCUT2D eigenvalue weighted by atomic mass is 10.2. The summed E-state index contributed by atoms with van der Waals surface area (Å²) in [6.07, 6.45) is -3.02. The van der Waals surface area contributed by atoms with Crippen molar-refractivity contribution in [3.05, 3.63) is 41.7 Å². The van der Waals surface area contributed by atoms with Crippen molar-refractivity contribution in [1.82, 2.24) is 14.1 Å². The van der Waals surface area contributed by atoms with Crippen LogP contribution in [0.1, 0.15) is 16.1 Å². The molecule has 2 aromatic rings. The highest BCUT2D eigenvalue weighted by atomic mass is 32.1. The molecule has 5 nitrogen and oxygen atoms in total. The average Bonchev–Trinajstić information content (AvgIpc) is 2.97. The lowest BCUT2D eigenvalue weighted by molar-refractivity contribution is -0.137. The van der Waals surface area contributed by atoms with E-state index < -0.39 is 11.7 Å². The second-order valence-corrected chi connectivity index (χ2v) is 4.48. The van der Waals surface area contributed by atoms with Crippen LogP contribution < -0.4 is 10.1 Å². The fourth-order valence-corrected chi connectivity index (χ4v) is 1.84. The maximum absolute atomic E-state index is 12.4. The van der Waals surface area contributed by atoms with Crippen LogP contribution in [0, 0.1) is 0 Å². The number of alkyl halides is 3. The van der Waals surface area contributed by atoms with Crippen molar-refractivity contribution in [1.29, 1.82) is 0 Å². The van der Waals surface area contributed by atoms with Gasteiger partial charge < -0.3 is 10.1 Å². The molecule has 1 N–H and O–H groups in total. The highest BCUT2D eigenvalue weighted by Gasteiger charge is 2.29. The van der Waals surface area contributed by atoms with E-state index in [1.807, 2.05) is 0 Å². The molecule has 0 radical (unpaired) electrons. The van der Waals surface area contributed by atoms with E-state index in [9.17, 15) is 18.0 Å². The predicted molar refractivity (Wildman–Crippen MR) is 69.2 cm³/mol. The van der Waals surface area contributed by atoms with Crippen LogP contribution >= 0.6 is 11.7 Å². The fourth-order valence-electron chi connectivity index (χ4n) is 1.43. The van der Waals surface area contributed by atoms with Crippen molar-refractivity contribution in [2.75, 3.05) is 13.2 Å². The molecule has 0 atom stereocenters. The molecule has 21 heavy (non-hydrogen) atoms. The van der Waals surface area contributed by atoms with Crippen LogP contribution in [0.15, 0.2) is 30.5 Å². The Morgan fingerprint density at radius 3 is 2.57 bits per heavy atom. The Morgan fingerprint density at radius 2 is 2.00 bits per heavy atom. The molecule has 2 rings (SSSR count). The molecule has 1 amide bonds. The Bertz CT molecular complexity index is 585. The molecule has 0 spiro atoms. The minimum absolute atomic E-state index is 0.134. The molecule has 0 unspecified atom stereocenters. The normalized spacial score (nSPS) is 11.2. The van der Waals surface area contributed by atoms with E-state index in [0.717, 1.165) is 23.9 Å². The van der Waals surface area contributed by atoms with Gasteiger partial charge in [-0.25, -0.2) is 0 Å². The number of hydrogen-bond donors (Lipinski definition) is 1. The smallest absolute Gasteiger partial charge is 0.416 e. The second kappa shape index (κ2) is 6.53. The van der Waals surface area contributed by atoms with Gasteiger partial charge in [-0.2, -0.15) is 21.9 Å². The van der Waals surface area contributed by atoms with E-state index in [0.29, 0.717) is 5.75 Å². The van der Waals surface area contributed by atoms with Gasteiger partial charge in [0.15, 0.2) is 5.69 Å². The van der Waals surface area contributed by atoms with Crippen LogP contribution in [0.2, 0.25) is 0 Å². The molecule has 0 fully saturated rings. The van der Waals surface area contributed by atoms with Crippen molar-refractivity contribution < 1.29 is 22.7 Å². The third-order valence-electron chi connectivity index (χ3n) is 2.43. The number of amides is 1. The van der Waals surface area contributed by atoms with Gasteiger partial charge in [-0.3, -0.25) is 4.79 Å². The largest absolute Gasteiger partial charge is 0.492 e. The monoisotopic (exact) mass is 317 g/mol. The number of nitrogens with one attached hydrogen (secondary N) is 1. The van der Waals surface area contributed by atoms with Crippen molar-refractivity contribution in [3.63, 3.8) is 0 Å². The summed E-state index contributed by atoms with van der Waals surface area (Å²) in [5.74, 6) is -0.0765. The van der Waals surface area contributed by atoms with E-state index >= 15 is 0 Å². The standard InChI is InChI=1S/C12H10F3N3O2S/c13-12(14,15)8-1-3-9(4-2-8)20-6-5-16-11(19)10-7-17-21-18-10/h1-4,7H,5-6H2,(H,16,19). The number of carbonyl (C=O) groups is 1. The van der Waals surface area contributed by atoms with Crippen LogP contribution in [0.25, 0.3) is 0 Å². The molecular weight excluding hydrogens is 307 g/mol. The van der Waals surface area contributed by atoms with Gasteiger partial charge in [0.25, 0.3) is 5.91 Å². The Morgan fingerprint density at radius 1 is 1.29 bits per heavy atom. The van der Waals surface area contributed by atoms with E-state index in [1.165, 1.54) is 18.3 Å². The number of ether oxygens (including phenoxy) is 1. The third kappa shape index (κ3) is 4.42. The molecule has 0 aliphatic rings. The summed E-state index contributed by atoms with van der Waals surface area (Å²) < 4.78 is 49.7. The van der Waals surface area contributed by atoms with Crippen LogP contribution in [0.5, 0.6) is 5.75 Å². The maximum Gasteiger partial charge on any atom is 0.416 e. The summed E-state index contributed by atoms with van der Waals surface area (Å²) in [5.41, 5.74) is -0.520. The molecule has 1 aromatic heterocycles. The third-order valence-corrected chi connectivity index (χ3v) is 2.91. The zero-order valence-corrected chi connectivity index (χ0v) is 11.4. The molecule has 0 saturated carbocycles. The highest BCUT2D eigenvalue weighted by molar-refractivity contribution is 6.99. The van der Waals surface area contributed by atoms with Gasteiger partial charge in [-0.05, 0) is 24.3 Å². The summed E-state index contributed by atoms with van der Waals surface area (Å²) in [7, 11) is 0. The number of carbonyl (C=O) groups excluding carboxylic acids is 1. The lowest BCUT2D eigenvalue weighted by Crippen LogP contribution is -2.28. The molecule has 112 valence electrons. The quantitative estimate of drug-likeness (QED) is 0.860. The van der Waals surface area contributed by atoms with Gasteiger partial charge in [0.2, 0.25) is 0 Å². The molecule has 0 aliphatic heterocycles. The Kier molecular flexibility index (Phi) is 4.73. The number of halogens is 3. The highest BCUT2D eigenvalue weighted by Crippen LogP contribution is 2.30. The van der Waals surface area contributed by atoms with Crippen molar-refractivity contribution in [3.8, 4) is 5.75 Å². The minimum atomic E-state index is -4.37. The van der Waals surface area contributed by atoms with Crippen molar-refractivity contribution in [2.24, 2.45) is 0 Å². The van der Waals surface area contributed by atoms with Crippen LogP contribution in [-0.2, 0) is 6.18 Å². The van der Waals surface area contributed by atoms with Crippen molar-refractivity contribution >= 4 is 17.6 Å². The SMILES string of the molecule is O=C(NCCOc1ccc(C(F)(F)F)cc1)c1cnsn1. The number of benzene rings is 1. The first kappa shape index (κ1) is 15.2. The lowest BCUT2D eigenvalue weighted by Gasteiger charge is -2.09. The number of aromatic nitrogens is 2. The zero-order valence-electron chi connectivity index (χ0n) is 10.6. The zero-order chi connectivity index (χ0) is 15.3. The Hall–Kier alpha value is -2.16. The number of hydrogen-bond acceptors (Lipinski definition) is 5. The van der Waals surface area contributed by atoms with Crippen LogP contribution in [0.3, 0.4) is 0 Å². The predicted octanol–water partition coefficient (Wildman–Crippen LogP) is 2.37. The summed E-state index contributed by atoms with van der Waals surface area (Å²) >= 11 is 0.923. The van der Waals surface area contributed by atoms with Crippen LogP contribution in [-0.4, -0.2) is 27.8 Å². The van der Waals surface area contributed by atoms with Gasteiger partial charge in [0.1, 0.15) is 12.4 Å². The van der Waals surface area contributed by atoms with Crippen molar-refractivity contribution in [2.45, 2.75) is 6.18 Å². The molecule has 0 aliphatic carbocycles. The first-order valence-corrected chi connectivity index (χ1v) is 6.55. The van der Waals surface area contributed by atoms with Gasteiger partial charge >= 0.3 is 6.18 Å². The van der Waals surface area contributed by atoms with Gasteiger partial charge in [0, 0.05) is 0 Å². The maximum atomic E-state index is 12.4. The second-order valence-electron chi connectivity index (χ2n) is 3.92. The Labute approximate surface area is 122 Å². The summed E-state index contributed by atoms with van der Waals surface area (Å²) in [4.78, 5) is 11.5. The molecule has 0 bridgehead atoms. The first-order chi connectivity index (χ1) is 9.97. The summed E-state index contributed by atoms with van der Waals surface area (Å²) in [6.45, 7) is 0.339. The van der Waals surface area contributed by atoms with Gasteiger partial charge in [-0.1, -0.05) is 0 Å². The van der Waals surface area contributed by atoms with E-state index in [1.54, 1.807) is 0 Å². The molecule has 9 heteroatoms. The Balaban J connectivity index is 1.75. The van der Waals surface area contributed by atoms with E-state index in [2.05, 4.69) is 14.1 Å². The molecule has 1 heterocycles. The summed E-state index contributed by atoms with van der Waals surface area (Å²) in [6, 6.07) is 4.34. The summed E-state index contributed by atoms with van der Waals surface area (Å²) in [5, 5.41) is 2.55. The van der Waals surface area contributed by atoms with Gasteiger partial charge in [-0.15, -0.1) is 0 Å². The number of nitrogens with zero attached hydrogens (tertiary/aromatic N) is 2. The average molecular weight is 317 g/mol. The minimum Gasteiger partial charge on any atom is -0.492 e. The molecule has 1 aromatic carbocycles. The topological polar surface area (TPSA) is 64.1 Å². The van der Waals surface area contributed by atoms with Gasteiger partial charge in [0.05, 0.1) is 30.0 Å². The van der Waals surface area contributed by atoms with Crippen LogP contribution in [0.4, 0.5) is 13.2 Å². The molecule has 0 saturated heterocycles. The molecular formula is C12H10F3N3O2S. The number of rotatable bonds is 5. The van der Waals surface area contributed by atoms with E-state index in [-0.39, 0.29) is 24.8 Å². The first-order valence-electron chi connectivity index (χ1n) is 5.82.